The molecule has 5 heteroatoms. The van der Waals surface area contributed by atoms with Crippen LogP contribution in [0.15, 0.2) is 101 Å². The number of benzene rings is 4. The summed E-state index contributed by atoms with van der Waals surface area (Å²) in [5, 5.41) is 0. The van der Waals surface area contributed by atoms with Gasteiger partial charge in [0.25, 0.3) is 0 Å². The molecule has 0 radical (unpaired) electrons. The van der Waals surface area contributed by atoms with Crippen LogP contribution >= 0.6 is 34.9 Å². The molecule has 0 N–H and O–H groups in total. The van der Waals surface area contributed by atoms with E-state index in [1.165, 1.54) is 61.0 Å². The molecule has 0 aliphatic heterocycles. The smallest absolute Gasteiger partial charge is 0.151 e. The van der Waals surface area contributed by atoms with Gasteiger partial charge in [0.1, 0.15) is 0 Å². The topological polar surface area (TPSA) is 22.1 Å². The Kier molecular flexibility index (Phi) is 15.8. The van der Waals surface area contributed by atoms with E-state index < -0.39 is 0 Å². The summed E-state index contributed by atoms with van der Waals surface area (Å²) >= 11 is 5.56. The van der Waals surface area contributed by atoms with E-state index in [4.69, 9.17) is 4.74 Å². The average Bonchev–Trinajstić information content (AvgIpc) is 3.43. The predicted octanol–water partition coefficient (Wildman–Crippen LogP) is 10.8. The number of hydrogen-bond acceptors (Lipinski definition) is 5. The van der Waals surface area contributed by atoms with Gasteiger partial charge in [0.15, 0.2) is 4.34 Å². The molecule has 1 heterocycles. The third kappa shape index (κ3) is 13.2. The fourth-order valence-corrected chi connectivity index (χ4v) is 6.56. The number of aromatic nitrogens is 1. The molecule has 0 fully saturated rings. The van der Waals surface area contributed by atoms with Crippen LogP contribution in [0.3, 0.4) is 0 Å². The van der Waals surface area contributed by atoms with Crippen molar-refractivity contribution in [1.29, 1.82) is 0 Å². The van der Waals surface area contributed by atoms with Crippen LogP contribution in [0.5, 0.6) is 0 Å². The SMILES string of the molecule is CCOCc1ccc(C)cc1.CSCCCc1ccc(C)cc1.Cc1ccc(CCSc2nc3ccccc3s2)cc1. The Hall–Kier alpha value is -2.57. The van der Waals surface area contributed by atoms with Crippen LogP contribution in [0, 0.1) is 20.8 Å². The Morgan fingerprint density at radius 1 is 0.667 bits per heavy atom. The maximum absolute atomic E-state index is 5.26. The van der Waals surface area contributed by atoms with Gasteiger partial charge < -0.3 is 4.74 Å². The number of thioether (sulfide) groups is 2. The quantitative estimate of drug-likeness (QED) is 0.109. The molecular weight excluding hydrogens is 571 g/mol. The van der Waals surface area contributed by atoms with Crippen molar-refractivity contribution in [3.05, 3.63) is 130 Å². The zero-order chi connectivity index (χ0) is 30.0. The molecule has 0 saturated heterocycles. The zero-order valence-corrected chi connectivity index (χ0v) is 28.2. The minimum atomic E-state index is 0.733. The van der Waals surface area contributed by atoms with Gasteiger partial charge in [-0.05, 0) is 87.8 Å². The van der Waals surface area contributed by atoms with E-state index in [1.807, 2.05) is 36.5 Å². The van der Waals surface area contributed by atoms with Crippen molar-refractivity contribution in [3.63, 3.8) is 0 Å². The van der Waals surface area contributed by atoms with Gasteiger partial charge in [0.2, 0.25) is 0 Å². The van der Waals surface area contributed by atoms with E-state index in [9.17, 15) is 0 Å². The normalized spacial score (nSPS) is 10.5. The number of para-hydroxylation sites is 1. The number of nitrogens with zero attached hydrogens (tertiary/aromatic N) is 1. The Bertz CT molecular complexity index is 1380. The first-order valence-electron chi connectivity index (χ1n) is 14.7. The largest absolute Gasteiger partial charge is 0.377 e. The van der Waals surface area contributed by atoms with Crippen LogP contribution in [-0.2, 0) is 24.2 Å². The van der Waals surface area contributed by atoms with Crippen LogP contribution in [-0.4, -0.2) is 29.4 Å². The van der Waals surface area contributed by atoms with Crippen LogP contribution in [0.1, 0.15) is 46.7 Å². The summed E-state index contributed by atoms with van der Waals surface area (Å²) in [6, 6.07) is 34.4. The molecule has 2 nitrogen and oxygen atoms in total. The van der Waals surface area contributed by atoms with Crippen LogP contribution < -0.4 is 0 Å². The molecule has 5 rings (SSSR count). The fraction of sp³-hybridized carbons (Fsp3) is 0.324. The standard InChI is InChI=1S/C16H15NS2.C11H16S.C10H14O/c1-12-6-8-13(9-7-12)10-11-18-16-17-14-4-2-3-5-15(14)19-16;1-10-5-7-11(8-6-10)4-3-9-12-2;1-3-11-8-10-6-4-9(2)5-7-10/h2-9H,10-11H2,1H3;5-8H,3-4,9H2,1-2H3;4-7H,3,8H2,1-2H3. The lowest BCUT2D eigenvalue weighted by Gasteiger charge is -2.00. The first-order valence-corrected chi connectivity index (χ1v) is 17.9. The number of aryl methyl sites for hydroxylation is 5. The second-order valence-corrected chi connectivity index (χ2v) is 13.6. The summed E-state index contributed by atoms with van der Waals surface area (Å²) in [5.41, 5.74) is 9.20. The molecule has 0 unspecified atom stereocenters. The first kappa shape index (κ1) is 33.9. The van der Waals surface area contributed by atoms with Gasteiger partial charge in [-0.25, -0.2) is 4.98 Å². The third-order valence-corrected chi connectivity index (χ3v) is 9.42. The number of thiazole rings is 1. The minimum absolute atomic E-state index is 0.733. The van der Waals surface area contributed by atoms with Crippen molar-refractivity contribution in [2.75, 3.05) is 24.4 Å². The average molecular weight is 616 g/mol. The van der Waals surface area contributed by atoms with Crippen LogP contribution in [0.2, 0.25) is 0 Å². The molecule has 222 valence electrons. The molecule has 0 aliphatic rings. The molecule has 0 spiro atoms. The molecular formula is C37H45NOS3. The van der Waals surface area contributed by atoms with Crippen molar-refractivity contribution in [2.24, 2.45) is 0 Å². The van der Waals surface area contributed by atoms with Gasteiger partial charge in [-0.1, -0.05) is 113 Å². The summed E-state index contributed by atoms with van der Waals surface area (Å²) in [5.74, 6) is 2.36. The third-order valence-electron chi connectivity index (χ3n) is 6.54. The fourth-order valence-electron chi connectivity index (χ4n) is 4.00. The highest BCUT2D eigenvalue weighted by Gasteiger charge is 2.03. The number of ether oxygens (including phenoxy) is 1. The lowest BCUT2D eigenvalue weighted by atomic mass is 10.1. The highest BCUT2D eigenvalue weighted by Crippen LogP contribution is 2.29. The number of hydrogen-bond donors (Lipinski definition) is 0. The van der Waals surface area contributed by atoms with Crippen LogP contribution in [0.25, 0.3) is 10.2 Å². The van der Waals surface area contributed by atoms with Crippen LogP contribution in [0.4, 0.5) is 0 Å². The molecule has 5 aromatic rings. The van der Waals surface area contributed by atoms with Gasteiger partial charge >= 0.3 is 0 Å². The molecule has 0 bridgehead atoms. The second-order valence-electron chi connectivity index (χ2n) is 10.2. The Morgan fingerprint density at radius 3 is 1.76 bits per heavy atom. The van der Waals surface area contributed by atoms with Gasteiger partial charge in [-0.2, -0.15) is 11.8 Å². The lowest BCUT2D eigenvalue weighted by molar-refractivity contribution is 0.134. The Labute approximate surface area is 266 Å². The molecule has 0 amide bonds. The first-order chi connectivity index (χ1) is 20.5. The molecule has 1 aromatic heterocycles. The van der Waals surface area contributed by atoms with E-state index in [-0.39, 0.29) is 0 Å². The summed E-state index contributed by atoms with van der Waals surface area (Å²) in [7, 11) is 0. The highest BCUT2D eigenvalue weighted by atomic mass is 32.2. The summed E-state index contributed by atoms with van der Waals surface area (Å²) < 4.78 is 7.71. The van der Waals surface area contributed by atoms with E-state index in [0.29, 0.717) is 0 Å². The molecule has 42 heavy (non-hydrogen) atoms. The van der Waals surface area contributed by atoms with Gasteiger partial charge in [0, 0.05) is 12.4 Å². The lowest BCUT2D eigenvalue weighted by Crippen LogP contribution is -1.90. The number of fused-ring (bicyclic) bond motifs is 1. The predicted molar refractivity (Wildman–Crippen MR) is 190 cm³/mol. The highest BCUT2D eigenvalue weighted by molar-refractivity contribution is 8.01. The van der Waals surface area contributed by atoms with Gasteiger partial charge in [-0.15, -0.1) is 11.3 Å². The summed E-state index contributed by atoms with van der Waals surface area (Å²) in [4.78, 5) is 4.64. The van der Waals surface area contributed by atoms with Crippen molar-refractivity contribution in [3.8, 4) is 0 Å². The molecule has 4 aromatic carbocycles. The van der Waals surface area contributed by atoms with E-state index >= 15 is 0 Å². The number of rotatable bonds is 11. The Balaban J connectivity index is 0.000000183. The maximum atomic E-state index is 5.26. The Morgan fingerprint density at radius 2 is 1.21 bits per heavy atom. The van der Waals surface area contributed by atoms with Crippen molar-refractivity contribution >= 4 is 45.1 Å². The van der Waals surface area contributed by atoms with Crippen molar-refractivity contribution < 1.29 is 4.74 Å². The molecule has 0 aliphatic carbocycles. The van der Waals surface area contributed by atoms with Crippen molar-refractivity contribution in [2.45, 2.75) is 57.9 Å². The monoisotopic (exact) mass is 615 g/mol. The molecule has 0 saturated carbocycles. The maximum Gasteiger partial charge on any atom is 0.151 e. The second kappa shape index (κ2) is 19.6. The zero-order valence-electron chi connectivity index (χ0n) is 25.8. The summed E-state index contributed by atoms with van der Waals surface area (Å²) in [6.45, 7) is 9.87. The van der Waals surface area contributed by atoms with Gasteiger partial charge in [0.05, 0.1) is 16.8 Å². The molecule has 0 atom stereocenters. The van der Waals surface area contributed by atoms with E-state index in [1.54, 1.807) is 11.3 Å². The van der Waals surface area contributed by atoms with Gasteiger partial charge in [-0.3, -0.25) is 0 Å². The minimum Gasteiger partial charge on any atom is -0.377 e. The van der Waals surface area contributed by atoms with E-state index in [0.717, 1.165) is 30.9 Å². The van der Waals surface area contributed by atoms with Crippen molar-refractivity contribution in [1.82, 2.24) is 4.98 Å². The summed E-state index contributed by atoms with van der Waals surface area (Å²) in [6.07, 6.45) is 5.78. The van der Waals surface area contributed by atoms with E-state index in [2.05, 4.69) is 123 Å².